The lowest BCUT2D eigenvalue weighted by atomic mass is 10.0. The van der Waals surface area contributed by atoms with E-state index in [1.165, 1.54) is 11.8 Å². The van der Waals surface area contributed by atoms with Gasteiger partial charge < -0.3 is 4.74 Å². The minimum absolute atomic E-state index is 0.229. The molecular formula is C14H19ClN2O3. The zero-order chi connectivity index (χ0) is 14.9. The number of ether oxygens (including phenoxy) is 1. The van der Waals surface area contributed by atoms with Gasteiger partial charge in [0.1, 0.15) is 5.15 Å². The SMILES string of the molecule is COC(=O)C(CC(C)C)n1nc(Cl)cc(C2CC2)c1=O. The largest absolute Gasteiger partial charge is 0.467 e. The van der Waals surface area contributed by atoms with Crippen LogP contribution in [0.1, 0.15) is 50.6 Å². The number of aromatic nitrogens is 2. The lowest BCUT2D eigenvalue weighted by Gasteiger charge is -2.19. The van der Waals surface area contributed by atoms with Gasteiger partial charge in [-0.25, -0.2) is 9.48 Å². The summed E-state index contributed by atoms with van der Waals surface area (Å²) in [6.45, 7) is 3.96. The number of methoxy groups -OCH3 is 1. The third-order valence-electron chi connectivity index (χ3n) is 3.41. The Kier molecular flexibility index (Phi) is 4.48. The molecule has 0 N–H and O–H groups in total. The van der Waals surface area contributed by atoms with Crippen molar-refractivity contribution in [2.45, 2.75) is 45.1 Å². The second-order valence-electron chi connectivity index (χ2n) is 5.61. The number of carbonyl (C=O) groups excluding carboxylic acids is 1. The first kappa shape index (κ1) is 15.0. The zero-order valence-electron chi connectivity index (χ0n) is 11.9. The van der Waals surface area contributed by atoms with Crippen molar-refractivity contribution in [1.29, 1.82) is 0 Å². The average molecular weight is 299 g/mol. The fraction of sp³-hybridized carbons (Fsp3) is 0.643. The second-order valence-corrected chi connectivity index (χ2v) is 6.00. The van der Waals surface area contributed by atoms with Crippen LogP contribution in [-0.4, -0.2) is 22.9 Å². The summed E-state index contributed by atoms with van der Waals surface area (Å²) in [5, 5.41) is 4.27. The maximum absolute atomic E-state index is 12.5. The lowest BCUT2D eigenvalue weighted by Crippen LogP contribution is -2.35. The standard InChI is InChI=1S/C14H19ClN2O3/c1-8(2)6-11(14(19)20-3)17-13(18)10(9-4-5-9)7-12(15)16-17/h7-9,11H,4-6H2,1-3H3. The van der Waals surface area contributed by atoms with E-state index in [1.54, 1.807) is 6.07 Å². The van der Waals surface area contributed by atoms with Gasteiger partial charge in [-0.3, -0.25) is 4.79 Å². The van der Waals surface area contributed by atoms with Gasteiger partial charge in [0.05, 0.1) is 7.11 Å². The Morgan fingerprint density at radius 2 is 2.20 bits per heavy atom. The van der Waals surface area contributed by atoms with E-state index in [-0.39, 0.29) is 22.5 Å². The van der Waals surface area contributed by atoms with Gasteiger partial charge in [-0.1, -0.05) is 25.4 Å². The van der Waals surface area contributed by atoms with Crippen LogP contribution in [0.4, 0.5) is 0 Å². The van der Waals surface area contributed by atoms with E-state index in [4.69, 9.17) is 16.3 Å². The lowest BCUT2D eigenvalue weighted by molar-refractivity contribution is -0.145. The molecule has 1 saturated carbocycles. The minimum atomic E-state index is -0.719. The van der Waals surface area contributed by atoms with Gasteiger partial charge >= 0.3 is 5.97 Å². The molecule has 6 heteroatoms. The summed E-state index contributed by atoms with van der Waals surface area (Å²) in [4.78, 5) is 24.4. The summed E-state index contributed by atoms with van der Waals surface area (Å²) in [7, 11) is 1.31. The van der Waals surface area contributed by atoms with Gasteiger partial charge in [-0.2, -0.15) is 5.10 Å². The first-order valence-corrected chi connectivity index (χ1v) is 7.19. The third kappa shape index (κ3) is 3.20. The highest BCUT2D eigenvalue weighted by Crippen LogP contribution is 2.38. The summed E-state index contributed by atoms with van der Waals surface area (Å²) in [5.74, 6) is 0.0278. The van der Waals surface area contributed by atoms with Gasteiger partial charge in [-0.05, 0) is 37.2 Å². The topological polar surface area (TPSA) is 61.2 Å². The molecule has 0 radical (unpaired) electrons. The van der Waals surface area contributed by atoms with Crippen LogP contribution >= 0.6 is 11.6 Å². The second kappa shape index (κ2) is 5.95. The molecule has 2 rings (SSSR count). The summed E-state index contributed by atoms with van der Waals surface area (Å²) in [5.41, 5.74) is 0.426. The van der Waals surface area contributed by atoms with Gasteiger partial charge in [0.2, 0.25) is 0 Å². The van der Waals surface area contributed by atoms with Crippen molar-refractivity contribution in [2.24, 2.45) is 5.92 Å². The number of nitrogens with zero attached hydrogens (tertiary/aromatic N) is 2. The summed E-state index contributed by atoms with van der Waals surface area (Å²) < 4.78 is 5.99. The predicted octanol–water partition coefficient (Wildman–Crippen LogP) is 2.53. The molecule has 1 atom stereocenters. The number of carbonyl (C=O) groups is 1. The minimum Gasteiger partial charge on any atom is -0.467 e. The Bertz CT molecular complexity index is 564. The Balaban J connectivity index is 2.46. The smallest absolute Gasteiger partial charge is 0.330 e. The third-order valence-corrected chi connectivity index (χ3v) is 3.60. The highest BCUT2D eigenvalue weighted by atomic mass is 35.5. The monoisotopic (exact) mass is 298 g/mol. The maximum Gasteiger partial charge on any atom is 0.330 e. The Morgan fingerprint density at radius 3 is 2.70 bits per heavy atom. The molecule has 110 valence electrons. The van der Waals surface area contributed by atoms with Crippen LogP contribution < -0.4 is 5.56 Å². The van der Waals surface area contributed by atoms with Crippen molar-refractivity contribution in [3.63, 3.8) is 0 Å². The normalized spacial score (nSPS) is 16.2. The Hall–Kier alpha value is -1.36. The molecule has 0 aliphatic heterocycles. The fourth-order valence-electron chi connectivity index (χ4n) is 2.28. The molecule has 0 spiro atoms. The van der Waals surface area contributed by atoms with E-state index in [1.807, 2.05) is 13.8 Å². The van der Waals surface area contributed by atoms with Crippen molar-refractivity contribution in [1.82, 2.24) is 9.78 Å². The van der Waals surface area contributed by atoms with Gasteiger partial charge in [0, 0.05) is 5.56 Å². The van der Waals surface area contributed by atoms with Crippen molar-refractivity contribution in [3.8, 4) is 0 Å². The number of esters is 1. The van der Waals surface area contributed by atoms with E-state index in [0.717, 1.165) is 12.8 Å². The van der Waals surface area contributed by atoms with Crippen LogP contribution in [0.5, 0.6) is 0 Å². The quantitative estimate of drug-likeness (QED) is 0.784. The van der Waals surface area contributed by atoms with E-state index in [2.05, 4.69) is 5.10 Å². The molecule has 1 unspecified atom stereocenters. The predicted molar refractivity (Wildman–Crippen MR) is 76.0 cm³/mol. The number of rotatable bonds is 5. The van der Waals surface area contributed by atoms with Crippen LogP contribution in [0, 0.1) is 5.92 Å². The zero-order valence-corrected chi connectivity index (χ0v) is 12.7. The molecule has 0 amide bonds. The summed E-state index contributed by atoms with van der Waals surface area (Å²) in [6, 6.07) is 0.894. The molecule has 1 aromatic rings. The van der Waals surface area contributed by atoms with Crippen molar-refractivity contribution < 1.29 is 9.53 Å². The molecule has 1 heterocycles. The molecule has 0 saturated heterocycles. The Labute approximate surface area is 122 Å². The number of hydrogen-bond donors (Lipinski definition) is 0. The average Bonchev–Trinajstić information content (AvgIpc) is 3.21. The first-order valence-electron chi connectivity index (χ1n) is 6.81. The number of hydrogen-bond acceptors (Lipinski definition) is 4. The van der Waals surface area contributed by atoms with Crippen molar-refractivity contribution in [2.75, 3.05) is 7.11 Å². The molecule has 20 heavy (non-hydrogen) atoms. The van der Waals surface area contributed by atoms with Gasteiger partial charge in [0.15, 0.2) is 6.04 Å². The molecule has 1 aliphatic rings. The molecule has 1 aromatic heterocycles. The number of halogens is 1. The van der Waals surface area contributed by atoms with Gasteiger partial charge in [-0.15, -0.1) is 0 Å². The van der Waals surface area contributed by atoms with Crippen LogP contribution in [0.25, 0.3) is 0 Å². The van der Waals surface area contributed by atoms with Crippen LogP contribution in [0.15, 0.2) is 10.9 Å². The molecule has 1 fully saturated rings. The molecule has 1 aliphatic carbocycles. The van der Waals surface area contributed by atoms with Gasteiger partial charge in [0.25, 0.3) is 5.56 Å². The highest BCUT2D eigenvalue weighted by molar-refractivity contribution is 6.29. The first-order chi connectivity index (χ1) is 9.43. The maximum atomic E-state index is 12.5. The molecule has 5 nitrogen and oxygen atoms in total. The van der Waals surface area contributed by atoms with Crippen LogP contribution in [-0.2, 0) is 9.53 Å². The summed E-state index contributed by atoms with van der Waals surface area (Å²) >= 11 is 6.00. The van der Waals surface area contributed by atoms with Crippen molar-refractivity contribution in [3.05, 3.63) is 27.1 Å². The van der Waals surface area contributed by atoms with E-state index >= 15 is 0 Å². The van der Waals surface area contributed by atoms with Crippen LogP contribution in [0.2, 0.25) is 5.15 Å². The van der Waals surface area contributed by atoms with E-state index in [9.17, 15) is 9.59 Å². The fourth-order valence-corrected chi connectivity index (χ4v) is 2.48. The molecule has 0 bridgehead atoms. The summed E-state index contributed by atoms with van der Waals surface area (Å²) in [6.07, 6.45) is 2.47. The van der Waals surface area contributed by atoms with Crippen molar-refractivity contribution >= 4 is 17.6 Å². The Morgan fingerprint density at radius 1 is 1.55 bits per heavy atom. The van der Waals surface area contributed by atoms with E-state index < -0.39 is 12.0 Å². The van der Waals surface area contributed by atoms with Crippen LogP contribution in [0.3, 0.4) is 0 Å². The van der Waals surface area contributed by atoms with E-state index in [0.29, 0.717) is 12.0 Å². The molecule has 0 aromatic carbocycles. The molecular weight excluding hydrogens is 280 g/mol. The highest BCUT2D eigenvalue weighted by Gasteiger charge is 2.31.